The first kappa shape index (κ1) is 14.3. The summed E-state index contributed by atoms with van der Waals surface area (Å²) >= 11 is 1.45. The highest BCUT2D eigenvalue weighted by atomic mass is 32.1. The molecule has 5 nitrogen and oxygen atoms in total. The first-order valence-corrected chi connectivity index (χ1v) is 8.02. The van der Waals surface area contributed by atoms with Gasteiger partial charge in [-0.15, -0.1) is 0 Å². The maximum atomic E-state index is 9.71. The van der Waals surface area contributed by atoms with Gasteiger partial charge in [-0.3, -0.25) is 4.98 Å². The maximum absolute atomic E-state index is 9.71. The molecule has 0 spiro atoms. The number of nitrogens with two attached hydrogens (primary N) is 1. The van der Waals surface area contributed by atoms with E-state index in [1.165, 1.54) is 11.5 Å². The van der Waals surface area contributed by atoms with Gasteiger partial charge < -0.3 is 15.7 Å². The molecule has 1 saturated heterocycles. The number of anilines is 2. The van der Waals surface area contributed by atoms with Crippen molar-refractivity contribution in [3.8, 4) is 11.1 Å². The summed E-state index contributed by atoms with van der Waals surface area (Å²) in [5.41, 5.74) is 8.06. The minimum Gasteiger partial charge on any atom is -0.393 e. The Labute approximate surface area is 128 Å². The molecule has 3 heterocycles. The molecule has 3 N–H and O–H groups in total. The lowest BCUT2D eigenvalue weighted by Crippen LogP contribution is -2.36. The Morgan fingerprint density at radius 3 is 2.81 bits per heavy atom. The number of nitrogen functional groups attached to an aromatic ring is 1. The maximum Gasteiger partial charge on any atom is 0.147 e. The highest BCUT2D eigenvalue weighted by Crippen LogP contribution is 2.40. The fourth-order valence-electron chi connectivity index (χ4n) is 2.88. The van der Waals surface area contributed by atoms with Crippen molar-refractivity contribution in [2.75, 3.05) is 23.7 Å². The van der Waals surface area contributed by atoms with Crippen LogP contribution in [-0.4, -0.2) is 33.7 Å². The van der Waals surface area contributed by atoms with Crippen LogP contribution < -0.4 is 10.6 Å². The van der Waals surface area contributed by atoms with E-state index in [4.69, 9.17) is 5.73 Å². The molecule has 1 aliphatic heterocycles. The average molecular weight is 304 g/mol. The lowest BCUT2D eigenvalue weighted by atomic mass is 9.92. The van der Waals surface area contributed by atoms with Gasteiger partial charge in [-0.2, -0.15) is 4.37 Å². The molecule has 0 amide bonds. The number of nitrogens with zero attached hydrogens (tertiary/aromatic N) is 3. The van der Waals surface area contributed by atoms with Crippen molar-refractivity contribution >= 4 is 22.4 Å². The molecule has 0 radical (unpaired) electrons. The SMILES string of the molecule is CC(O)C1CCN(c2snc(N)c2-c2cccnc2)CC1. The van der Waals surface area contributed by atoms with Crippen LogP contribution >= 0.6 is 11.5 Å². The molecule has 6 heteroatoms. The van der Waals surface area contributed by atoms with Gasteiger partial charge in [0.2, 0.25) is 0 Å². The Hall–Kier alpha value is -1.66. The van der Waals surface area contributed by atoms with Crippen molar-refractivity contribution in [2.24, 2.45) is 5.92 Å². The molecule has 0 aromatic carbocycles. The molecule has 112 valence electrons. The second-order valence-electron chi connectivity index (χ2n) is 5.55. The topological polar surface area (TPSA) is 75.3 Å². The molecule has 0 bridgehead atoms. The van der Waals surface area contributed by atoms with Crippen LogP contribution in [0.4, 0.5) is 10.8 Å². The Bertz CT molecular complexity index is 591. The summed E-state index contributed by atoms with van der Waals surface area (Å²) in [6.07, 6.45) is 5.36. The van der Waals surface area contributed by atoms with Crippen LogP contribution in [0.25, 0.3) is 11.1 Å². The molecule has 21 heavy (non-hydrogen) atoms. The van der Waals surface area contributed by atoms with Gasteiger partial charge in [-0.1, -0.05) is 6.07 Å². The first-order chi connectivity index (χ1) is 10.2. The molecule has 1 unspecified atom stereocenters. The summed E-state index contributed by atoms with van der Waals surface area (Å²) in [4.78, 5) is 6.50. The van der Waals surface area contributed by atoms with Gasteiger partial charge in [-0.05, 0) is 43.3 Å². The van der Waals surface area contributed by atoms with Crippen LogP contribution in [0.5, 0.6) is 0 Å². The summed E-state index contributed by atoms with van der Waals surface area (Å²) in [6, 6.07) is 3.93. The van der Waals surface area contributed by atoms with E-state index in [0.717, 1.165) is 42.1 Å². The summed E-state index contributed by atoms with van der Waals surface area (Å²) in [5, 5.41) is 10.8. The first-order valence-electron chi connectivity index (χ1n) is 7.25. The Morgan fingerprint density at radius 2 is 2.19 bits per heavy atom. The Balaban J connectivity index is 1.85. The van der Waals surface area contributed by atoms with Crippen molar-refractivity contribution in [3.05, 3.63) is 24.5 Å². The van der Waals surface area contributed by atoms with Crippen molar-refractivity contribution in [2.45, 2.75) is 25.9 Å². The molecule has 0 aliphatic carbocycles. The smallest absolute Gasteiger partial charge is 0.147 e. The largest absolute Gasteiger partial charge is 0.393 e. The molecular weight excluding hydrogens is 284 g/mol. The van der Waals surface area contributed by atoms with Gasteiger partial charge in [0.1, 0.15) is 10.8 Å². The predicted molar refractivity (Wildman–Crippen MR) is 86.4 cm³/mol. The zero-order chi connectivity index (χ0) is 14.8. The van der Waals surface area contributed by atoms with E-state index >= 15 is 0 Å². The van der Waals surface area contributed by atoms with E-state index in [2.05, 4.69) is 14.3 Å². The molecule has 0 saturated carbocycles. The highest BCUT2D eigenvalue weighted by molar-refractivity contribution is 7.11. The zero-order valence-electron chi connectivity index (χ0n) is 12.1. The Kier molecular flexibility index (Phi) is 4.07. The summed E-state index contributed by atoms with van der Waals surface area (Å²) < 4.78 is 4.32. The van der Waals surface area contributed by atoms with Gasteiger partial charge in [-0.25, -0.2) is 0 Å². The lowest BCUT2D eigenvalue weighted by molar-refractivity contribution is 0.110. The standard InChI is InChI=1S/C15H20N4OS/c1-10(20)11-4-7-19(8-5-11)15-13(14(16)18-21-15)12-3-2-6-17-9-12/h2-3,6,9-11,20H,4-5,7-8H2,1H3,(H2,16,18). The second-order valence-corrected chi connectivity index (χ2v) is 6.31. The minimum atomic E-state index is -0.225. The highest BCUT2D eigenvalue weighted by Gasteiger charge is 2.26. The third kappa shape index (κ3) is 2.87. The van der Waals surface area contributed by atoms with E-state index in [1.54, 1.807) is 6.20 Å². The third-order valence-corrected chi connectivity index (χ3v) is 5.08. The number of pyridine rings is 1. The van der Waals surface area contributed by atoms with Crippen molar-refractivity contribution < 1.29 is 5.11 Å². The predicted octanol–water partition coefficient (Wildman–Crippen LogP) is 2.38. The number of hydrogen-bond donors (Lipinski definition) is 2. The van der Waals surface area contributed by atoms with Gasteiger partial charge in [0.05, 0.1) is 11.7 Å². The summed E-state index contributed by atoms with van der Waals surface area (Å²) in [5.74, 6) is 0.967. The molecule has 1 atom stereocenters. The molecule has 3 rings (SSSR count). The van der Waals surface area contributed by atoms with Gasteiger partial charge >= 0.3 is 0 Å². The average Bonchev–Trinajstić information content (AvgIpc) is 2.90. The molecule has 1 fully saturated rings. The van der Waals surface area contributed by atoms with E-state index in [-0.39, 0.29) is 6.10 Å². The van der Waals surface area contributed by atoms with Crippen molar-refractivity contribution in [1.29, 1.82) is 0 Å². The van der Waals surface area contributed by atoms with Crippen molar-refractivity contribution in [3.63, 3.8) is 0 Å². The number of piperidine rings is 1. The lowest BCUT2D eigenvalue weighted by Gasteiger charge is -2.34. The summed E-state index contributed by atoms with van der Waals surface area (Å²) in [7, 11) is 0. The molecular formula is C15H20N4OS. The van der Waals surface area contributed by atoms with Crippen LogP contribution in [-0.2, 0) is 0 Å². The number of aliphatic hydroxyl groups excluding tert-OH is 1. The van der Waals surface area contributed by atoms with Gasteiger partial charge in [0, 0.05) is 31.0 Å². The van der Waals surface area contributed by atoms with Crippen LogP contribution in [0.15, 0.2) is 24.5 Å². The van der Waals surface area contributed by atoms with E-state index in [1.807, 2.05) is 25.3 Å². The Morgan fingerprint density at radius 1 is 1.43 bits per heavy atom. The quantitative estimate of drug-likeness (QED) is 0.910. The normalized spacial score (nSPS) is 17.9. The van der Waals surface area contributed by atoms with E-state index < -0.39 is 0 Å². The molecule has 2 aromatic heterocycles. The fraction of sp³-hybridized carbons (Fsp3) is 0.467. The second kappa shape index (κ2) is 5.99. The number of aromatic nitrogens is 2. The fourth-order valence-corrected chi connectivity index (χ4v) is 3.76. The minimum absolute atomic E-state index is 0.225. The van der Waals surface area contributed by atoms with Gasteiger partial charge in [0.15, 0.2) is 0 Å². The zero-order valence-corrected chi connectivity index (χ0v) is 12.9. The monoisotopic (exact) mass is 304 g/mol. The van der Waals surface area contributed by atoms with Crippen LogP contribution in [0, 0.1) is 5.92 Å². The third-order valence-electron chi connectivity index (χ3n) is 4.16. The van der Waals surface area contributed by atoms with Crippen LogP contribution in [0.1, 0.15) is 19.8 Å². The van der Waals surface area contributed by atoms with Crippen LogP contribution in [0.3, 0.4) is 0 Å². The number of hydrogen-bond acceptors (Lipinski definition) is 6. The molecule has 1 aliphatic rings. The molecule has 2 aromatic rings. The van der Waals surface area contributed by atoms with E-state index in [0.29, 0.717) is 11.7 Å². The number of aliphatic hydroxyl groups is 1. The summed E-state index contributed by atoms with van der Waals surface area (Å²) in [6.45, 7) is 3.75. The van der Waals surface area contributed by atoms with Crippen molar-refractivity contribution in [1.82, 2.24) is 9.36 Å². The van der Waals surface area contributed by atoms with E-state index in [9.17, 15) is 5.11 Å². The van der Waals surface area contributed by atoms with Crippen LogP contribution in [0.2, 0.25) is 0 Å². The van der Waals surface area contributed by atoms with Gasteiger partial charge in [0.25, 0.3) is 0 Å². The number of rotatable bonds is 3.